The predicted octanol–water partition coefficient (Wildman–Crippen LogP) is 2.75. The molecular formula is C12H16SeSi. The standard InChI is InChI=1S/C12H16SeSi/c1-9-7-10-5-6-11(14(2,3)4)8-12(10)13-9/h5-8H,1-4H3. The molecule has 2 aromatic rings. The summed E-state index contributed by atoms with van der Waals surface area (Å²) in [6.07, 6.45) is 0. The van der Waals surface area contributed by atoms with Crippen molar-refractivity contribution in [3.8, 4) is 0 Å². The molecule has 14 heavy (non-hydrogen) atoms. The Morgan fingerprint density at radius 1 is 1.07 bits per heavy atom. The maximum atomic E-state index is 2.45. The van der Waals surface area contributed by atoms with Crippen molar-refractivity contribution in [3.05, 3.63) is 28.7 Å². The van der Waals surface area contributed by atoms with E-state index in [0.29, 0.717) is 14.5 Å². The van der Waals surface area contributed by atoms with Gasteiger partial charge in [-0.05, 0) is 0 Å². The molecule has 2 rings (SSSR count). The molecule has 1 aromatic heterocycles. The Labute approximate surface area is 92.7 Å². The van der Waals surface area contributed by atoms with Gasteiger partial charge in [0.05, 0.1) is 0 Å². The number of benzene rings is 1. The van der Waals surface area contributed by atoms with E-state index in [4.69, 9.17) is 0 Å². The monoisotopic (exact) mass is 268 g/mol. The fraction of sp³-hybridized carbons (Fsp3) is 0.333. The molecule has 0 unspecified atom stereocenters. The van der Waals surface area contributed by atoms with E-state index in [-0.39, 0.29) is 0 Å². The summed E-state index contributed by atoms with van der Waals surface area (Å²) in [4.78, 5) is 0. The average molecular weight is 267 g/mol. The van der Waals surface area contributed by atoms with Crippen LogP contribution in [-0.4, -0.2) is 22.6 Å². The number of aryl methyl sites for hydroxylation is 1. The van der Waals surface area contributed by atoms with Crippen LogP contribution in [0.1, 0.15) is 4.44 Å². The number of hydrogen-bond donors (Lipinski definition) is 0. The van der Waals surface area contributed by atoms with Gasteiger partial charge in [0, 0.05) is 0 Å². The summed E-state index contributed by atoms with van der Waals surface area (Å²) in [6, 6.07) is 9.43. The summed E-state index contributed by atoms with van der Waals surface area (Å²) in [5, 5.41) is 3.06. The van der Waals surface area contributed by atoms with Crippen LogP contribution in [0.4, 0.5) is 0 Å². The Balaban J connectivity index is 2.62. The topological polar surface area (TPSA) is 0 Å². The fourth-order valence-corrected chi connectivity index (χ4v) is 5.05. The van der Waals surface area contributed by atoms with E-state index in [1.165, 1.54) is 5.39 Å². The second kappa shape index (κ2) is 3.37. The fourth-order valence-electron chi connectivity index (χ4n) is 1.63. The summed E-state index contributed by atoms with van der Waals surface area (Å²) in [5.74, 6) is 0. The van der Waals surface area contributed by atoms with Crippen molar-refractivity contribution < 1.29 is 0 Å². The summed E-state index contributed by atoms with van der Waals surface area (Å²) in [5.41, 5.74) is 0. The molecule has 0 aliphatic heterocycles. The van der Waals surface area contributed by atoms with Gasteiger partial charge in [-0.15, -0.1) is 0 Å². The normalized spacial score (nSPS) is 12.3. The van der Waals surface area contributed by atoms with E-state index in [9.17, 15) is 0 Å². The van der Waals surface area contributed by atoms with Crippen LogP contribution in [0.3, 0.4) is 0 Å². The van der Waals surface area contributed by atoms with E-state index < -0.39 is 8.07 Å². The van der Waals surface area contributed by atoms with Crippen LogP contribution < -0.4 is 5.19 Å². The minimum atomic E-state index is -1.11. The molecule has 0 spiro atoms. The molecule has 74 valence electrons. The molecule has 0 aliphatic rings. The quantitative estimate of drug-likeness (QED) is 0.697. The van der Waals surface area contributed by atoms with Gasteiger partial charge in [-0.25, -0.2) is 0 Å². The van der Waals surface area contributed by atoms with Crippen LogP contribution in [0.2, 0.25) is 19.6 Å². The second-order valence-electron chi connectivity index (χ2n) is 4.86. The van der Waals surface area contributed by atoms with Crippen LogP contribution in [-0.2, 0) is 0 Å². The van der Waals surface area contributed by atoms with Crippen molar-refractivity contribution >= 4 is 37.4 Å². The first-order valence-corrected chi connectivity index (χ1v) is 10.2. The van der Waals surface area contributed by atoms with E-state index in [2.05, 4.69) is 50.8 Å². The first-order valence-electron chi connectivity index (χ1n) is 4.97. The van der Waals surface area contributed by atoms with Crippen molar-refractivity contribution in [1.29, 1.82) is 0 Å². The average Bonchev–Trinajstić information content (AvgIpc) is 2.41. The molecule has 1 aromatic carbocycles. The first kappa shape index (κ1) is 10.2. The summed E-state index contributed by atoms with van der Waals surface area (Å²) >= 11 is 0.602. The zero-order valence-electron chi connectivity index (χ0n) is 9.22. The van der Waals surface area contributed by atoms with Crippen LogP contribution in [0.25, 0.3) is 9.65 Å². The third-order valence-electron chi connectivity index (χ3n) is 2.51. The van der Waals surface area contributed by atoms with E-state index in [1.807, 2.05) is 0 Å². The van der Waals surface area contributed by atoms with E-state index in [1.54, 1.807) is 13.9 Å². The Morgan fingerprint density at radius 3 is 2.43 bits per heavy atom. The molecule has 0 nitrogen and oxygen atoms in total. The van der Waals surface area contributed by atoms with Gasteiger partial charge in [-0.3, -0.25) is 0 Å². The van der Waals surface area contributed by atoms with Gasteiger partial charge in [0.15, 0.2) is 0 Å². The predicted molar refractivity (Wildman–Crippen MR) is 68.6 cm³/mol. The molecular weight excluding hydrogens is 251 g/mol. The summed E-state index contributed by atoms with van der Waals surface area (Å²) in [7, 11) is -1.11. The second-order valence-corrected chi connectivity index (χ2v) is 12.6. The van der Waals surface area contributed by atoms with Crippen molar-refractivity contribution in [2.45, 2.75) is 26.6 Å². The summed E-state index contributed by atoms with van der Waals surface area (Å²) < 4.78 is 3.15. The van der Waals surface area contributed by atoms with E-state index >= 15 is 0 Å². The number of hydrogen-bond acceptors (Lipinski definition) is 0. The molecule has 0 bridgehead atoms. The van der Waals surface area contributed by atoms with Crippen LogP contribution in [0.15, 0.2) is 24.3 Å². The summed E-state index contributed by atoms with van der Waals surface area (Å²) in [6.45, 7) is 9.49. The molecule has 0 saturated carbocycles. The zero-order chi connectivity index (χ0) is 10.3. The Morgan fingerprint density at radius 2 is 1.79 bits per heavy atom. The van der Waals surface area contributed by atoms with Crippen LogP contribution >= 0.6 is 0 Å². The van der Waals surface area contributed by atoms with Gasteiger partial charge in [0.2, 0.25) is 0 Å². The van der Waals surface area contributed by atoms with Crippen LogP contribution in [0, 0.1) is 6.92 Å². The maximum absolute atomic E-state index is 2.45. The third-order valence-corrected chi connectivity index (χ3v) is 6.68. The molecule has 0 atom stereocenters. The third kappa shape index (κ3) is 1.88. The van der Waals surface area contributed by atoms with Gasteiger partial charge >= 0.3 is 92.7 Å². The zero-order valence-corrected chi connectivity index (χ0v) is 11.9. The van der Waals surface area contributed by atoms with Crippen molar-refractivity contribution in [3.63, 3.8) is 0 Å². The molecule has 0 radical (unpaired) electrons. The van der Waals surface area contributed by atoms with Gasteiger partial charge < -0.3 is 0 Å². The molecule has 1 heterocycles. The molecule has 0 aliphatic carbocycles. The van der Waals surface area contributed by atoms with Gasteiger partial charge in [-0.2, -0.15) is 0 Å². The number of rotatable bonds is 1. The number of fused-ring (bicyclic) bond motifs is 1. The van der Waals surface area contributed by atoms with Crippen molar-refractivity contribution in [1.82, 2.24) is 0 Å². The van der Waals surface area contributed by atoms with Gasteiger partial charge in [0.25, 0.3) is 0 Å². The van der Waals surface area contributed by atoms with Crippen molar-refractivity contribution in [2.75, 3.05) is 0 Å². The Kier molecular flexibility index (Phi) is 2.46. The molecule has 0 amide bonds. The molecule has 0 fully saturated rings. The Hall–Kier alpha value is -0.304. The van der Waals surface area contributed by atoms with Gasteiger partial charge in [0.1, 0.15) is 0 Å². The van der Waals surface area contributed by atoms with Crippen molar-refractivity contribution in [2.24, 2.45) is 0 Å². The van der Waals surface area contributed by atoms with E-state index in [0.717, 1.165) is 0 Å². The van der Waals surface area contributed by atoms with Crippen LogP contribution in [0.5, 0.6) is 0 Å². The minimum absolute atomic E-state index is 0.602. The van der Waals surface area contributed by atoms with Gasteiger partial charge in [-0.1, -0.05) is 0 Å². The SMILES string of the molecule is Cc1cc2ccc([Si](C)(C)C)cc2[se]1. The molecule has 2 heteroatoms. The molecule has 0 saturated heterocycles. The molecule has 0 N–H and O–H groups in total. The first-order chi connectivity index (χ1) is 6.47. The Bertz CT molecular complexity index is 463.